The number of ether oxygens (including phenoxy) is 4. The average molecular weight is 921 g/mol. The molecule has 2 unspecified atom stereocenters. The maximum Gasteiger partial charge on any atom is 0.361 e. The highest BCUT2D eigenvalue weighted by Gasteiger charge is 2.25. The fraction of sp³-hybridized carbons (Fsp3) is 0.875. The molecule has 9 nitrogen and oxygen atoms in total. The van der Waals surface area contributed by atoms with Gasteiger partial charge in [-0.15, -0.1) is 0 Å². The summed E-state index contributed by atoms with van der Waals surface area (Å²) < 4.78 is 22.9. The number of rotatable bonds is 51. The lowest BCUT2D eigenvalue weighted by atomic mass is 10.0. The second-order valence-corrected chi connectivity index (χ2v) is 19.9. The predicted octanol–water partition coefficient (Wildman–Crippen LogP) is 15.6. The van der Waals surface area contributed by atoms with Gasteiger partial charge in [0, 0.05) is 12.8 Å². The summed E-state index contributed by atoms with van der Waals surface area (Å²) in [7, 11) is 5.97. The van der Waals surface area contributed by atoms with Crippen molar-refractivity contribution < 1.29 is 42.9 Å². The number of carbonyl (C=O) groups excluding carboxylic acids is 2. The molecule has 2 atom stereocenters. The summed E-state index contributed by atoms with van der Waals surface area (Å²) >= 11 is 0. The molecule has 0 rings (SSSR count). The van der Waals surface area contributed by atoms with Crippen molar-refractivity contribution in [3.63, 3.8) is 0 Å². The first-order chi connectivity index (χ1) is 31.6. The molecule has 9 heteroatoms. The molecule has 0 aromatic carbocycles. The molecule has 0 aliphatic carbocycles. The minimum atomic E-state index is -1.51. The highest BCUT2D eigenvalue weighted by molar-refractivity contribution is 5.71. The Morgan fingerprint density at radius 2 is 0.785 bits per heavy atom. The number of nitrogens with zero attached hydrogens (tertiary/aromatic N) is 1. The van der Waals surface area contributed by atoms with E-state index < -0.39 is 24.3 Å². The molecule has 0 bridgehead atoms. The lowest BCUT2D eigenvalue weighted by Gasteiger charge is -2.25. The third-order valence-electron chi connectivity index (χ3n) is 12.2. The molecular weight excluding hydrogens is 815 g/mol. The first-order valence-electron chi connectivity index (χ1n) is 27.5. The number of allylic oxidation sites excluding steroid dienone is 4. The van der Waals surface area contributed by atoms with E-state index in [1.54, 1.807) is 0 Å². The standard InChI is InChI=1S/C56H105NO8/c1-6-8-10-12-14-16-18-20-22-24-25-26-27-28-29-31-33-35-37-39-41-43-45-47-54(59)65-52(51-64-56(55(60)61)62-49-48-57(3,4)5)50-63-53(58)46-44-42-40-38-36-34-32-30-23-21-19-17-15-13-11-9-7-2/h21,23-25,52,56H,6-20,22,26-51H2,1-5H3/p+1/b23-21-,25-24-. The number of esters is 2. The maximum atomic E-state index is 12.8. The Kier molecular flexibility index (Phi) is 46.6. The van der Waals surface area contributed by atoms with Crippen LogP contribution >= 0.6 is 0 Å². The summed E-state index contributed by atoms with van der Waals surface area (Å²) in [5.74, 6) is -2.00. The van der Waals surface area contributed by atoms with E-state index >= 15 is 0 Å². The minimum absolute atomic E-state index is 0.181. The SMILES string of the molecule is CCCCCCCC/C=C\CCCCCCCCCC(=O)OCC(COC(OCC[N+](C)(C)C)C(=O)O)OC(=O)CCCCCCCCCCCCC/C=C\CCCCCCCCCC. The molecule has 0 amide bonds. The first kappa shape index (κ1) is 62.8. The Bertz CT molecular complexity index is 1120. The molecule has 0 saturated heterocycles. The van der Waals surface area contributed by atoms with Crippen molar-refractivity contribution in [3.8, 4) is 0 Å². The number of carboxylic acids is 1. The summed E-state index contributed by atoms with van der Waals surface area (Å²) in [4.78, 5) is 37.3. The fourth-order valence-corrected chi connectivity index (χ4v) is 7.89. The molecule has 0 fully saturated rings. The number of hydrogen-bond acceptors (Lipinski definition) is 7. The lowest BCUT2D eigenvalue weighted by Crippen LogP contribution is -2.40. The molecular formula is C56H106NO8+. The van der Waals surface area contributed by atoms with E-state index in [1.807, 2.05) is 21.1 Å². The first-order valence-corrected chi connectivity index (χ1v) is 27.5. The van der Waals surface area contributed by atoms with E-state index in [0.29, 0.717) is 17.4 Å². The van der Waals surface area contributed by atoms with Gasteiger partial charge >= 0.3 is 17.9 Å². The second kappa shape index (κ2) is 48.2. The van der Waals surface area contributed by atoms with Gasteiger partial charge < -0.3 is 28.5 Å². The predicted molar refractivity (Wildman–Crippen MR) is 272 cm³/mol. The van der Waals surface area contributed by atoms with Crippen LogP contribution in [0.1, 0.15) is 258 Å². The number of unbranched alkanes of at least 4 members (excludes halogenated alkanes) is 32. The highest BCUT2D eigenvalue weighted by Crippen LogP contribution is 2.16. The smallest absolute Gasteiger partial charge is 0.361 e. The average Bonchev–Trinajstić information content (AvgIpc) is 3.27. The molecule has 65 heavy (non-hydrogen) atoms. The zero-order chi connectivity index (χ0) is 47.7. The van der Waals surface area contributed by atoms with Crippen LogP contribution in [0.25, 0.3) is 0 Å². The quantitative estimate of drug-likeness (QED) is 0.0211. The maximum absolute atomic E-state index is 12.8. The van der Waals surface area contributed by atoms with Gasteiger partial charge in [-0.3, -0.25) is 9.59 Å². The van der Waals surface area contributed by atoms with E-state index in [1.165, 1.54) is 193 Å². The number of likely N-dealkylation sites (N-methyl/N-ethyl adjacent to an activating group) is 1. The highest BCUT2D eigenvalue weighted by atomic mass is 16.7. The summed E-state index contributed by atoms with van der Waals surface area (Å²) in [5, 5.41) is 9.68. The van der Waals surface area contributed by atoms with Crippen LogP contribution in [0.4, 0.5) is 0 Å². The Hall–Kier alpha value is -2.23. The van der Waals surface area contributed by atoms with Gasteiger partial charge in [-0.05, 0) is 64.2 Å². The van der Waals surface area contributed by atoms with Gasteiger partial charge in [-0.1, -0.05) is 205 Å². The van der Waals surface area contributed by atoms with Crippen LogP contribution in [0.2, 0.25) is 0 Å². The second-order valence-electron chi connectivity index (χ2n) is 19.9. The molecule has 0 saturated carbocycles. The van der Waals surface area contributed by atoms with E-state index in [4.69, 9.17) is 18.9 Å². The number of carbonyl (C=O) groups is 3. The minimum Gasteiger partial charge on any atom is -0.477 e. The molecule has 0 aromatic heterocycles. The summed E-state index contributed by atoms with van der Waals surface area (Å²) in [6.45, 7) is 4.90. The normalized spacial score (nSPS) is 12.9. The summed E-state index contributed by atoms with van der Waals surface area (Å²) in [6, 6.07) is 0. The van der Waals surface area contributed by atoms with Crippen LogP contribution in [-0.2, 0) is 33.3 Å². The Morgan fingerprint density at radius 3 is 1.14 bits per heavy atom. The summed E-state index contributed by atoms with van der Waals surface area (Å²) in [5.41, 5.74) is 0. The zero-order valence-corrected chi connectivity index (χ0v) is 43.4. The summed E-state index contributed by atoms with van der Waals surface area (Å²) in [6.07, 6.45) is 52.4. The van der Waals surface area contributed by atoms with Crippen LogP contribution in [-0.4, -0.2) is 87.4 Å². The number of aliphatic carboxylic acids is 1. The number of hydrogen-bond donors (Lipinski definition) is 1. The van der Waals surface area contributed by atoms with Crippen LogP contribution in [0, 0.1) is 0 Å². The third-order valence-corrected chi connectivity index (χ3v) is 12.2. The molecule has 0 aromatic rings. The van der Waals surface area contributed by atoms with E-state index in [9.17, 15) is 19.5 Å². The van der Waals surface area contributed by atoms with Gasteiger partial charge in [-0.2, -0.15) is 0 Å². The number of carboxylic acid groups (broad SMARTS) is 1. The lowest BCUT2D eigenvalue weighted by molar-refractivity contribution is -0.870. The van der Waals surface area contributed by atoms with Crippen molar-refractivity contribution in [2.24, 2.45) is 0 Å². The van der Waals surface area contributed by atoms with Crippen molar-refractivity contribution in [3.05, 3.63) is 24.3 Å². The molecule has 0 aliphatic rings. The van der Waals surface area contributed by atoms with Crippen molar-refractivity contribution in [2.45, 2.75) is 270 Å². The van der Waals surface area contributed by atoms with Gasteiger partial charge in [0.15, 0.2) is 6.10 Å². The van der Waals surface area contributed by atoms with E-state index in [2.05, 4.69) is 38.2 Å². The van der Waals surface area contributed by atoms with Crippen molar-refractivity contribution in [1.29, 1.82) is 0 Å². The van der Waals surface area contributed by atoms with Gasteiger partial charge in [0.05, 0.1) is 34.4 Å². The van der Waals surface area contributed by atoms with Gasteiger partial charge in [0.25, 0.3) is 6.29 Å². The van der Waals surface area contributed by atoms with E-state index in [-0.39, 0.29) is 32.2 Å². The third kappa shape index (κ3) is 49.5. The molecule has 0 spiro atoms. The van der Waals surface area contributed by atoms with Gasteiger partial charge in [0.2, 0.25) is 0 Å². The van der Waals surface area contributed by atoms with Crippen molar-refractivity contribution in [1.82, 2.24) is 0 Å². The van der Waals surface area contributed by atoms with Crippen molar-refractivity contribution >= 4 is 17.9 Å². The Morgan fingerprint density at radius 1 is 0.446 bits per heavy atom. The molecule has 0 radical (unpaired) electrons. The number of quaternary nitrogens is 1. The Labute approximate surface area is 401 Å². The Balaban J connectivity index is 4.26. The molecule has 1 N–H and O–H groups in total. The van der Waals surface area contributed by atoms with Crippen LogP contribution in [0.15, 0.2) is 24.3 Å². The van der Waals surface area contributed by atoms with Crippen LogP contribution < -0.4 is 0 Å². The van der Waals surface area contributed by atoms with Crippen LogP contribution in [0.3, 0.4) is 0 Å². The largest absolute Gasteiger partial charge is 0.477 e. The molecule has 0 aliphatic heterocycles. The van der Waals surface area contributed by atoms with Gasteiger partial charge in [0.1, 0.15) is 13.2 Å². The van der Waals surface area contributed by atoms with E-state index in [0.717, 1.165) is 38.5 Å². The van der Waals surface area contributed by atoms with Crippen molar-refractivity contribution in [2.75, 3.05) is 47.5 Å². The molecule has 382 valence electrons. The topological polar surface area (TPSA) is 108 Å². The zero-order valence-electron chi connectivity index (χ0n) is 43.4. The monoisotopic (exact) mass is 921 g/mol. The van der Waals surface area contributed by atoms with Crippen LogP contribution in [0.5, 0.6) is 0 Å². The molecule has 0 heterocycles. The fourth-order valence-electron chi connectivity index (χ4n) is 7.89. The van der Waals surface area contributed by atoms with Gasteiger partial charge in [-0.25, -0.2) is 4.79 Å².